The zero-order valence-corrected chi connectivity index (χ0v) is 14.8. The van der Waals surface area contributed by atoms with Gasteiger partial charge in [0, 0.05) is 20.1 Å². The van der Waals surface area contributed by atoms with Crippen LogP contribution in [0.3, 0.4) is 0 Å². The lowest BCUT2D eigenvalue weighted by Crippen LogP contribution is -2.40. The molecular formula is C16H26IN3. The van der Waals surface area contributed by atoms with E-state index in [1.165, 1.54) is 24.8 Å². The number of benzene rings is 1. The Balaban J connectivity index is 0.00000200. The van der Waals surface area contributed by atoms with E-state index in [0.717, 1.165) is 25.5 Å². The number of rotatable bonds is 6. The second-order valence-electron chi connectivity index (χ2n) is 5.51. The van der Waals surface area contributed by atoms with E-state index < -0.39 is 0 Å². The van der Waals surface area contributed by atoms with Gasteiger partial charge in [-0.05, 0) is 36.7 Å². The molecule has 0 spiro atoms. The normalized spacial score (nSPS) is 16.2. The van der Waals surface area contributed by atoms with E-state index in [0.29, 0.717) is 5.41 Å². The van der Waals surface area contributed by atoms with Crippen LogP contribution in [0.2, 0.25) is 0 Å². The standard InChI is InChI=1S/C16H25N3.HI/c1-3-11-18-15(17-2)19-13-16(9-10-16)12-14-7-5-4-6-8-14;/h4-8H,3,9-13H2,1-2H3,(H2,17,18,19);1H. The molecule has 4 heteroatoms. The highest BCUT2D eigenvalue weighted by atomic mass is 127. The van der Waals surface area contributed by atoms with Crippen molar-refractivity contribution in [2.45, 2.75) is 32.6 Å². The molecule has 112 valence electrons. The van der Waals surface area contributed by atoms with Gasteiger partial charge in [-0.1, -0.05) is 37.3 Å². The molecule has 3 nitrogen and oxygen atoms in total. The van der Waals surface area contributed by atoms with Crippen LogP contribution >= 0.6 is 24.0 Å². The molecule has 2 rings (SSSR count). The molecular weight excluding hydrogens is 361 g/mol. The Morgan fingerprint density at radius 1 is 1.20 bits per heavy atom. The van der Waals surface area contributed by atoms with Crippen LogP contribution in [0.15, 0.2) is 35.3 Å². The van der Waals surface area contributed by atoms with E-state index in [1.807, 2.05) is 7.05 Å². The molecule has 1 saturated carbocycles. The Labute approximate surface area is 139 Å². The lowest BCUT2D eigenvalue weighted by Gasteiger charge is -2.18. The monoisotopic (exact) mass is 387 g/mol. The topological polar surface area (TPSA) is 36.4 Å². The summed E-state index contributed by atoms with van der Waals surface area (Å²) in [6, 6.07) is 10.8. The van der Waals surface area contributed by atoms with Gasteiger partial charge in [-0.2, -0.15) is 0 Å². The second-order valence-corrected chi connectivity index (χ2v) is 5.51. The Bertz CT molecular complexity index is 413. The molecule has 1 aromatic carbocycles. The summed E-state index contributed by atoms with van der Waals surface area (Å²) in [6.07, 6.45) is 4.93. The average molecular weight is 387 g/mol. The molecule has 0 saturated heterocycles. The zero-order valence-electron chi connectivity index (χ0n) is 12.5. The summed E-state index contributed by atoms with van der Waals surface area (Å²) in [5.74, 6) is 0.932. The van der Waals surface area contributed by atoms with Crippen LogP contribution in [0.4, 0.5) is 0 Å². The predicted octanol–water partition coefficient (Wildman–Crippen LogP) is 3.20. The maximum absolute atomic E-state index is 4.26. The fourth-order valence-corrected chi connectivity index (χ4v) is 2.36. The molecule has 0 unspecified atom stereocenters. The summed E-state index contributed by atoms with van der Waals surface area (Å²) in [5.41, 5.74) is 1.89. The lowest BCUT2D eigenvalue weighted by molar-refractivity contribution is 0.492. The number of nitrogens with zero attached hydrogens (tertiary/aromatic N) is 1. The van der Waals surface area contributed by atoms with Gasteiger partial charge >= 0.3 is 0 Å². The maximum atomic E-state index is 4.26. The van der Waals surface area contributed by atoms with Gasteiger partial charge in [0.1, 0.15) is 0 Å². The number of hydrogen-bond acceptors (Lipinski definition) is 1. The molecule has 0 heterocycles. The number of halogens is 1. The van der Waals surface area contributed by atoms with E-state index in [4.69, 9.17) is 0 Å². The van der Waals surface area contributed by atoms with Crippen molar-refractivity contribution in [1.29, 1.82) is 0 Å². The van der Waals surface area contributed by atoms with E-state index in [9.17, 15) is 0 Å². The number of aliphatic imine (C=N–C) groups is 1. The van der Waals surface area contributed by atoms with E-state index in [2.05, 4.69) is 52.9 Å². The van der Waals surface area contributed by atoms with Crippen molar-refractivity contribution < 1.29 is 0 Å². The van der Waals surface area contributed by atoms with Crippen molar-refractivity contribution in [2.75, 3.05) is 20.1 Å². The minimum atomic E-state index is 0. The van der Waals surface area contributed by atoms with Gasteiger partial charge in [-0.25, -0.2) is 0 Å². The molecule has 1 aromatic rings. The molecule has 2 N–H and O–H groups in total. The SMILES string of the molecule is CCCNC(=NC)NCC1(Cc2ccccc2)CC1.I. The number of guanidine groups is 1. The van der Waals surface area contributed by atoms with Crippen molar-refractivity contribution in [2.24, 2.45) is 10.4 Å². The molecule has 0 radical (unpaired) electrons. The van der Waals surface area contributed by atoms with Crippen LogP contribution < -0.4 is 10.6 Å². The zero-order chi connectivity index (χ0) is 13.6. The van der Waals surface area contributed by atoms with Crippen LogP contribution in [-0.2, 0) is 6.42 Å². The quantitative estimate of drug-likeness (QED) is 0.447. The third kappa shape index (κ3) is 5.31. The van der Waals surface area contributed by atoms with Crippen LogP contribution in [0.5, 0.6) is 0 Å². The molecule has 0 bridgehead atoms. The van der Waals surface area contributed by atoms with Crippen LogP contribution in [0.1, 0.15) is 31.7 Å². The average Bonchev–Trinajstić information content (AvgIpc) is 3.20. The summed E-state index contributed by atoms with van der Waals surface area (Å²) in [6.45, 7) is 4.16. The second kappa shape index (κ2) is 8.49. The lowest BCUT2D eigenvalue weighted by atomic mass is 9.96. The highest BCUT2D eigenvalue weighted by Gasteiger charge is 2.42. The summed E-state index contributed by atoms with van der Waals surface area (Å²) in [4.78, 5) is 4.26. The Morgan fingerprint density at radius 3 is 2.45 bits per heavy atom. The van der Waals surface area contributed by atoms with Gasteiger partial charge in [-0.15, -0.1) is 24.0 Å². The van der Waals surface area contributed by atoms with Gasteiger partial charge in [0.2, 0.25) is 0 Å². The predicted molar refractivity (Wildman–Crippen MR) is 96.9 cm³/mol. The molecule has 0 atom stereocenters. The summed E-state index contributed by atoms with van der Waals surface area (Å²) in [5, 5.41) is 6.79. The van der Waals surface area contributed by atoms with Crippen molar-refractivity contribution in [3.05, 3.63) is 35.9 Å². The summed E-state index contributed by atoms with van der Waals surface area (Å²) < 4.78 is 0. The molecule has 0 aromatic heterocycles. The maximum Gasteiger partial charge on any atom is 0.190 e. The number of hydrogen-bond donors (Lipinski definition) is 2. The fourth-order valence-electron chi connectivity index (χ4n) is 2.36. The van der Waals surface area contributed by atoms with E-state index in [1.54, 1.807) is 0 Å². The first-order chi connectivity index (χ1) is 9.28. The van der Waals surface area contributed by atoms with Gasteiger partial charge in [0.15, 0.2) is 5.96 Å². The largest absolute Gasteiger partial charge is 0.356 e. The molecule has 0 aliphatic heterocycles. The minimum Gasteiger partial charge on any atom is -0.356 e. The van der Waals surface area contributed by atoms with Crippen molar-refractivity contribution in [3.63, 3.8) is 0 Å². The van der Waals surface area contributed by atoms with Crippen LogP contribution in [0, 0.1) is 5.41 Å². The van der Waals surface area contributed by atoms with Gasteiger partial charge in [-0.3, -0.25) is 4.99 Å². The summed E-state index contributed by atoms with van der Waals surface area (Å²) in [7, 11) is 1.84. The van der Waals surface area contributed by atoms with E-state index in [-0.39, 0.29) is 24.0 Å². The third-order valence-electron chi connectivity index (χ3n) is 3.78. The van der Waals surface area contributed by atoms with E-state index >= 15 is 0 Å². The smallest absolute Gasteiger partial charge is 0.190 e. The molecule has 1 aliphatic rings. The highest BCUT2D eigenvalue weighted by Crippen LogP contribution is 2.47. The van der Waals surface area contributed by atoms with Crippen molar-refractivity contribution in [3.8, 4) is 0 Å². The third-order valence-corrected chi connectivity index (χ3v) is 3.78. The minimum absolute atomic E-state index is 0. The van der Waals surface area contributed by atoms with Gasteiger partial charge < -0.3 is 10.6 Å². The van der Waals surface area contributed by atoms with Crippen molar-refractivity contribution in [1.82, 2.24) is 10.6 Å². The Kier molecular flexibility index (Phi) is 7.34. The first-order valence-electron chi connectivity index (χ1n) is 7.26. The molecule has 1 aliphatic carbocycles. The Hall–Kier alpha value is -0.780. The van der Waals surface area contributed by atoms with Crippen LogP contribution in [-0.4, -0.2) is 26.1 Å². The fraction of sp³-hybridized carbons (Fsp3) is 0.562. The van der Waals surface area contributed by atoms with Crippen molar-refractivity contribution >= 4 is 29.9 Å². The molecule has 0 amide bonds. The summed E-state index contributed by atoms with van der Waals surface area (Å²) >= 11 is 0. The Morgan fingerprint density at radius 2 is 1.90 bits per heavy atom. The van der Waals surface area contributed by atoms with Gasteiger partial charge in [0.05, 0.1) is 0 Å². The van der Waals surface area contributed by atoms with Crippen LogP contribution in [0.25, 0.3) is 0 Å². The molecule has 1 fully saturated rings. The first-order valence-corrected chi connectivity index (χ1v) is 7.26. The first kappa shape index (κ1) is 17.3. The highest BCUT2D eigenvalue weighted by molar-refractivity contribution is 14.0. The number of nitrogens with one attached hydrogen (secondary N) is 2. The van der Waals surface area contributed by atoms with Gasteiger partial charge in [0.25, 0.3) is 0 Å². The molecule has 20 heavy (non-hydrogen) atoms.